The number of anilines is 1. The predicted molar refractivity (Wildman–Crippen MR) is 154 cm³/mol. The summed E-state index contributed by atoms with van der Waals surface area (Å²) in [7, 11) is 0. The van der Waals surface area contributed by atoms with Crippen LogP contribution < -0.4 is 10.6 Å². The molecule has 5 rings (SSSR count). The Kier molecular flexibility index (Phi) is 7.64. The lowest BCUT2D eigenvalue weighted by Gasteiger charge is -2.29. The van der Waals surface area contributed by atoms with E-state index in [1.54, 1.807) is 18.3 Å². The lowest BCUT2D eigenvalue weighted by molar-refractivity contribution is -0.384. The van der Waals surface area contributed by atoms with Gasteiger partial charge >= 0.3 is 0 Å². The van der Waals surface area contributed by atoms with Gasteiger partial charge in [-0.15, -0.1) is 0 Å². The molecule has 1 fully saturated rings. The number of thiocarbonyl (C=S) groups is 1. The van der Waals surface area contributed by atoms with E-state index in [0.29, 0.717) is 11.7 Å². The van der Waals surface area contributed by atoms with Crippen molar-refractivity contribution in [3.05, 3.63) is 118 Å². The van der Waals surface area contributed by atoms with Gasteiger partial charge in [-0.3, -0.25) is 19.9 Å². The predicted octanol–water partition coefficient (Wildman–Crippen LogP) is 5.34. The van der Waals surface area contributed by atoms with Crippen molar-refractivity contribution < 1.29 is 9.72 Å². The summed E-state index contributed by atoms with van der Waals surface area (Å²) in [5, 5.41) is 18.2. The zero-order valence-electron chi connectivity index (χ0n) is 21.4. The van der Waals surface area contributed by atoms with Crippen molar-refractivity contribution in [1.29, 1.82) is 0 Å². The summed E-state index contributed by atoms with van der Waals surface area (Å²) in [5.41, 5.74) is 4.46. The van der Waals surface area contributed by atoms with E-state index in [9.17, 15) is 14.9 Å². The number of pyridine rings is 1. The summed E-state index contributed by atoms with van der Waals surface area (Å²) < 4.78 is 1.99. The number of nitro groups is 1. The smallest absolute Gasteiger partial charge is 0.269 e. The van der Waals surface area contributed by atoms with E-state index in [1.807, 2.05) is 70.3 Å². The molecule has 39 heavy (non-hydrogen) atoms. The number of nitrogens with one attached hydrogen (secondary N) is 2. The van der Waals surface area contributed by atoms with Crippen LogP contribution in [0.25, 0.3) is 5.69 Å². The third-order valence-corrected chi connectivity index (χ3v) is 7.22. The van der Waals surface area contributed by atoms with Crippen molar-refractivity contribution in [3.8, 4) is 5.69 Å². The molecule has 4 aromatic rings. The van der Waals surface area contributed by atoms with Gasteiger partial charge in [-0.2, -0.15) is 0 Å². The third kappa shape index (κ3) is 5.51. The van der Waals surface area contributed by atoms with E-state index in [0.717, 1.165) is 34.7 Å². The molecule has 0 unspecified atom stereocenters. The van der Waals surface area contributed by atoms with Crippen molar-refractivity contribution in [2.45, 2.75) is 31.8 Å². The second kappa shape index (κ2) is 11.4. The van der Waals surface area contributed by atoms with E-state index in [-0.39, 0.29) is 30.1 Å². The van der Waals surface area contributed by atoms with Gasteiger partial charge in [-0.25, -0.2) is 0 Å². The van der Waals surface area contributed by atoms with Crippen LogP contribution in [0.2, 0.25) is 0 Å². The minimum Gasteiger partial charge on any atom is -0.352 e. The minimum absolute atomic E-state index is 0.0276. The fourth-order valence-electron chi connectivity index (χ4n) is 4.96. The highest BCUT2D eigenvalue weighted by Gasteiger charge is 2.41. The molecule has 1 saturated heterocycles. The molecule has 0 saturated carbocycles. The van der Waals surface area contributed by atoms with Crippen molar-refractivity contribution in [3.63, 3.8) is 0 Å². The Balaban J connectivity index is 1.44. The first-order valence-electron chi connectivity index (χ1n) is 12.7. The number of nitrogens with zero attached hydrogens (tertiary/aromatic N) is 4. The molecule has 0 aliphatic carbocycles. The molecule has 1 amide bonds. The van der Waals surface area contributed by atoms with Crippen LogP contribution >= 0.6 is 12.2 Å². The van der Waals surface area contributed by atoms with E-state index in [4.69, 9.17) is 12.2 Å². The number of hydrogen-bond acceptors (Lipinski definition) is 5. The van der Waals surface area contributed by atoms with Gasteiger partial charge in [0.1, 0.15) is 0 Å². The molecule has 0 spiro atoms. The van der Waals surface area contributed by atoms with E-state index in [2.05, 4.69) is 22.5 Å². The van der Waals surface area contributed by atoms with Crippen LogP contribution in [-0.4, -0.2) is 36.9 Å². The summed E-state index contributed by atoms with van der Waals surface area (Å²) in [6, 6.07) is 23.4. The number of carbonyl (C=O) groups is 1. The van der Waals surface area contributed by atoms with Gasteiger partial charge in [0, 0.05) is 54.6 Å². The van der Waals surface area contributed by atoms with E-state index in [1.165, 1.54) is 12.1 Å². The summed E-state index contributed by atoms with van der Waals surface area (Å²) in [4.78, 5) is 30.3. The lowest BCUT2D eigenvalue weighted by atomic mass is 10.0. The maximum atomic E-state index is 13.0. The quantitative estimate of drug-likeness (QED) is 0.168. The third-order valence-electron chi connectivity index (χ3n) is 6.87. The minimum atomic E-state index is -0.414. The average molecular weight is 541 g/mol. The number of nitro benzene ring substituents is 1. The van der Waals surface area contributed by atoms with Gasteiger partial charge in [-0.05, 0) is 66.7 Å². The zero-order valence-corrected chi connectivity index (χ0v) is 22.2. The Labute approximate surface area is 231 Å². The number of aromatic nitrogens is 2. The number of aryl methyl sites for hydroxylation is 1. The van der Waals surface area contributed by atoms with Crippen molar-refractivity contribution in [2.24, 2.45) is 0 Å². The Morgan fingerprint density at radius 2 is 1.85 bits per heavy atom. The Morgan fingerprint density at radius 3 is 2.56 bits per heavy atom. The highest BCUT2D eigenvalue weighted by molar-refractivity contribution is 7.80. The Bertz CT molecular complexity index is 1490. The largest absolute Gasteiger partial charge is 0.352 e. The van der Waals surface area contributed by atoms with Crippen LogP contribution in [0.5, 0.6) is 0 Å². The monoisotopic (exact) mass is 540 g/mol. The lowest BCUT2D eigenvalue weighted by Crippen LogP contribution is -2.33. The molecule has 10 heteroatoms. The van der Waals surface area contributed by atoms with Crippen LogP contribution in [0, 0.1) is 10.1 Å². The van der Waals surface area contributed by atoms with Crippen LogP contribution in [0.15, 0.2) is 91.3 Å². The molecule has 198 valence electrons. The first-order valence-corrected chi connectivity index (χ1v) is 13.1. The molecule has 2 N–H and O–H groups in total. The fraction of sp³-hybridized carbons (Fsp3) is 0.207. The van der Waals surface area contributed by atoms with Gasteiger partial charge in [0.15, 0.2) is 5.11 Å². The molecule has 3 heterocycles. The van der Waals surface area contributed by atoms with Gasteiger partial charge in [0.05, 0.1) is 22.7 Å². The number of hydrogen-bond donors (Lipinski definition) is 2. The molecule has 9 nitrogen and oxygen atoms in total. The van der Waals surface area contributed by atoms with Crippen LogP contribution in [0.3, 0.4) is 0 Å². The van der Waals surface area contributed by atoms with Crippen molar-refractivity contribution in [1.82, 2.24) is 19.8 Å². The van der Waals surface area contributed by atoms with Crippen molar-refractivity contribution >= 4 is 34.6 Å². The first kappa shape index (κ1) is 26.1. The number of rotatable bonds is 9. The SMILES string of the molecule is CCc1ccccc1NC(=O)CCN1C(=S)N[C@H](c2ccccn2)[C@@H]1c1cccn1-c1ccc([N+](=O)[O-])cc1. The zero-order chi connectivity index (χ0) is 27.4. The Hall–Kier alpha value is -4.57. The molecule has 2 aromatic carbocycles. The average Bonchev–Trinajstić information content (AvgIpc) is 3.57. The summed E-state index contributed by atoms with van der Waals surface area (Å²) in [6.07, 6.45) is 4.72. The normalized spacial score (nSPS) is 16.6. The molecule has 1 aliphatic rings. The van der Waals surface area contributed by atoms with Gasteiger partial charge < -0.3 is 20.1 Å². The van der Waals surface area contributed by atoms with E-state index >= 15 is 0 Å². The number of para-hydroxylation sites is 1. The summed E-state index contributed by atoms with van der Waals surface area (Å²) >= 11 is 5.77. The molecule has 0 bridgehead atoms. The summed E-state index contributed by atoms with van der Waals surface area (Å²) in [6.45, 7) is 2.45. The maximum Gasteiger partial charge on any atom is 0.269 e. The molecular weight excluding hydrogens is 512 g/mol. The highest BCUT2D eigenvalue weighted by Crippen LogP contribution is 2.39. The van der Waals surface area contributed by atoms with Crippen LogP contribution in [0.4, 0.5) is 11.4 Å². The number of amides is 1. The first-order chi connectivity index (χ1) is 19.0. The molecule has 2 atom stereocenters. The fourth-order valence-corrected chi connectivity index (χ4v) is 5.29. The molecule has 1 aliphatic heterocycles. The second-order valence-corrected chi connectivity index (χ2v) is 9.59. The van der Waals surface area contributed by atoms with Gasteiger partial charge in [0.25, 0.3) is 5.69 Å². The molecule has 2 aromatic heterocycles. The van der Waals surface area contributed by atoms with E-state index < -0.39 is 4.92 Å². The number of non-ortho nitro benzene ring substituents is 1. The highest BCUT2D eigenvalue weighted by atomic mass is 32.1. The van der Waals surface area contributed by atoms with Crippen LogP contribution in [-0.2, 0) is 11.2 Å². The molecule has 0 radical (unpaired) electrons. The molecular formula is C29H28N6O3S. The Morgan fingerprint density at radius 1 is 1.08 bits per heavy atom. The summed E-state index contributed by atoms with van der Waals surface area (Å²) in [5.74, 6) is -0.0931. The standard InChI is InChI=1S/C29H28N6O3S/c1-2-20-8-3-4-9-23(20)31-26(36)16-19-34-28(27(32-29(34)39)24-10-5-6-17-30-24)25-11-7-18-33(25)21-12-14-22(15-13-21)35(37)38/h3-15,17-18,27-28H,2,16,19H2,1H3,(H,31,36)(H,32,39)/t27-,28+/m1/s1. The maximum absolute atomic E-state index is 13.0. The van der Waals surface area contributed by atoms with Crippen molar-refractivity contribution in [2.75, 3.05) is 11.9 Å². The number of carbonyl (C=O) groups excluding carboxylic acids is 1. The number of benzene rings is 2. The second-order valence-electron chi connectivity index (χ2n) is 9.21. The van der Waals surface area contributed by atoms with Gasteiger partial charge in [-0.1, -0.05) is 31.2 Å². The van der Waals surface area contributed by atoms with Crippen LogP contribution in [0.1, 0.15) is 42.4 Å². The van der Waals surface area contributed by atoms with Gasteiger partial charge in [0.2, 0.25) is 5.91 Å². The topological polar surface area (TPSA) is 105 Å².